The number of para-hydroxylation sites is 3. The third-order valence-corrected chi connectivity index (χ3v) is 15.1. The van der Waals surface area contributed by atoms with E-state index < -0.39 is 0 Å². The van der Waals surface area contributed by atoms with Gasteiger partial charge in [0, 0.05) is 54.4 Å². The van der Waals surface area contributed by atoms with E-state index in [1.807, 2.05) is 0 Å². The van der Waals surface area contributed by atoms with Gasteiger partial charge in [-0.05, 0) is 123 Å². The summed E-state index contributed by atoms with van der Waals surface area (Å²) < 4.78 is 11.3. The minimum atomic E-state index is -0.185. The zero-order chi connectivity index (χ0) is 46.2. The van der Waals surface area contributed by atoms with Crippen molar-refractivity contribution in [1.29, 1.82) is 0 Å². The summed E-state index contributed by atoms with van der Waals surface area (Å²) >= 11 is 0. The van der Waals surface area contributed by atoms with Gasteiger partial charge in [0.2, 0.25) is 5.95 Å². The van der Waals surface area contributed by atoms with Gasteiger partial charge in [0.15, 0.2) is 0 Å². The quantitative estimate of drug-likeness (QED) is 0.173. The zero-order valence-electron chi connectivity index (χ0n) is 38.5. The van der Waals surface area contributed by atoms with Crippen LogP contribution in [-0.2, 0) is 5.41 Å². The maximum absolute atomic E-state index is 6.67. The van der Waals surface area contributed by atoms with Crippen molar-refractivity contribution in [1.82, 2.24) is 19.1 Å². The monoisotopic (exact) mass is 894 g/mol. The largest absolute Gasteiger partial charge is 0.456 e. The third-order valence-electron chi connectivity index (χ3n) is 15.1. The maximum atomic E-state index is 6.67. The number of rotatable bonds is 5. The summed E-state index contributed by atoms with van der Waals surface area (Å²) in [5.41, 5.74) is 19.9. The summed E-state index contributed by atoms with van der Waals surface area (Å²) in [6.07, 6.45) is 0. The van der Waals surface area contributed by atoms with Gasteiger partial charge in [0.05, 0.1) is 33.3 Å². The Morgan fingerprint density at radius 3 is 1.86 bits per heavy atom. The van der Waals surface area contributed by atoms with Crippen LogP contribution >= 0.6 is 0 Å². The van der Waals surface area contributed by atoms with Crippen LogP contribution in [0.25, 0.3) is 133 Å². The van der Waals surface area contributed by atoms with Gasteiger partial charge in [-0.15, -0.1) is 0 Å². The molecule has 14 aromatic rings. The number of hydrogen-bond donors (Lipinski definition) is 0. The van der Waals surface area contributed by atoms with E-state index in [1.165, 1.54) is 44.1 Å². The number of nitrogens with zero attached hydrogens (tertiary/aromatic N) is 4. The Labute approximate surface area is 403 Å². The first-order chi connectivity index (χ1) is 34.5. The second-order valence-electron chi connectivity index (χ2n) is 19.3. The highest BCUT2D eigenvalue weighted by Crippen LogP contribution is 2.51. The Hall–Kier alpha value is -9.06. The Balaban J connectivity index is 0.942. The molecule has 0 aliphatic heterocycles. The fourth-order valence-electron chi connectivity index (χ4n) is 11.8. The lowest BCUT2D eigenvalue weighted by atomic mass is 9.82. The molecule has 5 nitrogen and oxygen atoms in total. The number of benzene rings is 10. The van der Waals surface area contributed by atoms with Gasteiger partial charge in [-0.1, -0.05) is 153 Å². The van der Waals surface area contributed by atoms with Crippen LogP contribution in [0.1, 0.15) is 25.0 Å². The number of aromatic nitrogens is 4. The van der Waals surface area contributed by atoms with Gasteiger partial charge in [0.1, 0.15) is 11.2 Å². The third kappa shape index (κ3) is 5.54. The molecule has 10 aromatic carbocycles. The van der Waals surface area contributed by atoms with E-state index in [1.54, 1.807) is 0 Å². The summed E-state index contributed by atoms with van der Waals surface area (Å²) in [6.45, 7) is 4.69. The molecule has 5 heteroatoms. The minimum Gasteiger partial charge on any atom is -0.456 e. The first kappa shape index (κ1) is 39.0. The van der Waals surface area contributed by atoms with Crippen LogP contribution in [0.3, 0.4) is 0 Å². The maximum Gasteiger partial charge on any atom is 0.235 e. The van der Waals surface area contributed by atoms with Crippen molar-refractivity contribution < 1.29 is 4.42 Å². The molecule has 4 heterocycles. The highest BCUT2D eigenvalue weighted by molar-refractivity contribution is 6.17. The first-order valence-corrected chi connectivity index (χ1v) is 24.1. The van der Waals surface area contributed by atoms with E-state index in [2.05, 4.69) is 241 Å². The fourth-order valence-corrected chi connectivity index (χ4v) is 11.8. The Morgan fingerprint density at radius 2 is 1.00 bits per heavy atom. The lowest BCUT2D eigenvalue weighted by Gasteiger charge is -2.21. The first-order valence-electron chi connectivity index (χ1n) is 24.1. The van der Waals surface area contributed by atoms with Crippen LogP contribution in [-0.4, -0.2) is 19.1 Å². The predicted molar refractivity (Wildman–Crippen MR) is 289 cm³/mol. The summed E-state index contributed by atoms with van der Waals surface area (Å²) in [5.74, 6) is 0.650. The number of hydrogen-bond acceptors (Lipinski definition) is 3. The van der Waals surface area contributed by atoms with E-state index in [-0.39, 0.29) is 5.41 Å². The summed E-state index contributed by atoms with van der Waals surface area (Å²) in [6, 6.07) is 78.8. The van der Waals surface area contributed by atoms with Gasteiger partial charge in [-0.3, -0.25) is 4.57 Å². The highest BCUT2D eigenvalue weighted by Gasteiger charge is 2.36. The summed E-state index contributed by atoms with van der Waals surface area (Å²) in [7, 11) is 0. The lowest BCUT2D eigenvalue weighted by Crippen LogP contribution is -2.15. The highest BCUT2D eigenvalue weighted by atomic mass is 16.3. The van der Waals surface area contributed by atoms with Crippen LogP contribution in [0.15, 0.2) is 223 Å². The smallest absolute Gasteiger partial charge is 0.235 e. The number of fused-ring (bicyclic) bond motifs is 13. The normalized spacial score (nSPS) is 13.1. The SMILES string of the molecule is CC1(C)c2ccccc2-c2cc3c4cc(-c5cccc6oc7ccc(-c8ccc9c(c8)c8ccccc8n9-c8ccccc8)cc7c56)ccc4n(-c4nc(-c5ccccc5)c5ccccc5n4)c3cc21. The molecule has 70 heavy (non-hydrogen) atoms. The van der Waals surface area contributed by atoms with Gasteiger partial charge < -0.3 is 8.98 Å². The molecule has 0 saturated heterocycles. The Bertz CT molecular complexity index is 4500. The molecular weight excluding hydrogens is 853 g/mol. The van der Waals surface area contributed by atoms with Gasteiger partial charge >= 0.3 is 0 Å². The van der Waals surface area contributed by atoms with E-state index in [9.17, 15) is 0 Å². The van der Waals surface area contributed by atoms with Crippen molar-refractivity contribution in [2.24, 2.45) is 0 Å². The van der Waals surface area contributed by atoms with E-state index >= 15 is 0 Å². The van der Waals surface area contributed by atoms with Crippen LogP contribution in [0, 0.1) is 0 Å². The standard InChI is InChI=1S/C65H42N4O/c1-65(2)53-24-12-9-20-45(53)48-37-51-50-36-42(29-32-58(50)69(59(51)38-54(48)65)64-66-55-25-13-10-22-47(55)63(67-64)39-16-5-3-6-17-39)44-23-15-27-61-62(44)52-35-41(30-33-60(52)70-61)40-28-31-57-49(34-40)46-21-11-14-26-56(46)68(57)43-18-7-4-8-19-43/h3-38H,1-2H3. The molecule has 0 unspecified atom stereocenters. The average molecular weight is 895 g/mol. The molecule has 0 fully saturated rings. The molecule has 0 atom stereocenters. The molecule has 0 bridgehead atoms. The Morgan fingerprint density at radius 1 is 0.371 bits per heavy atom. The topological polar surface area (TPSA) is 48.8 Å². The molecule has 0 amide bonds. The van der Waals surface area contributed by atoms with Crippen LogP contribution < -0.4 is 0 Å². The van der Waals surface area contributed by atoms with E-state index in [0.717, 1.165) is 93.8 Å². The predicted octanol–water partition coefficient (Wildman–Crippen LogP) is 17.0. The van der Waals surface area contributed by atoms with Crippen molar-refractivity contribution >= 4 is 76.5 Å². The average Bonchev–Trinajstić information content (AvgIpc) is 4.12. The number of furan rings is 1. The molecule has 0 radical (unpaired) electrons. The molecular formula is C65H42N4O. The molecule has 1 aliphatic rings. The zero-order valence-corrected chi connectivity index (χ0v) is 38.5. The molecule has 0 spiro atoms. The van der Waals surface area contributed by atoms with Crippen molar-refractivity contribution in [2.75, 3.05) is 0 Å². The van der Waals surface area contributed by atoms with Crippen LogP contribution in [0.2, 0.25) is 0 Å². The minimum absolute atomic E-state index is 0.185. The second-order valence-corrected chi connectivity index (χ2v) is 19.3. The van der Waals surface area contributed by atoms with Crippen molar-refractivity contribution in [3.05, 3.63) is 230 Å². The van der Waals surface area contributed by atoms with Crippen molar-refractivity contribution in [3.63, 3.8) is 0 Å². The van der Waals surface area contributed by atoms with Crippen LogP contribution in [0.4, 0.5) is 0 Å². The molecule has 4 aromatic heterocycles. The van der Waals surface area contributed by atoms with Crippen molar-refractivity contribution in [2.45, 2.75) is 19.3 Å². The van der Waals surface area contributed by atoms with E-state index in [4.69, 9.17) is 14.4 Å². The Kier molecular flexibility index (Phi) is 8.06. The second kappa shape index (κ2) is 14.5. The summed E-state index contributed by atoms with van der Waals surface area (Å²) in [4.78, 5) is 10.8. The van der Waals surface area contributed by atoms with Crippen LogP contribution in [0.5, 0.6) is 0 Å². The lowest BCUT2D eigenvalue weighted by molar-refractivity contribution is 0.661. The molecule has 15 rings (SSSR count). The molecule has 328 valence electrons. The molecule has 0 N–H and O–H groups in total. The van der Waals surface area contributed by atoms with Crippen molar-refractivity contribution in [3.8, 4) is 56.3 Å². The summed E-state index contributed by atoms with van der Waals surface area (Å²) in [5, 5.41) is 7.99. The van der Waals surface area contributed by atoms with Gasteiger partial charge in [0.25, 0.3) is 0 Å². The van der Waals surface area contributed by atoms with E-state index in [0.29, 0.717) is 5.95 Å². The molecule has 1 aliphatic carbocycles. The fraction of sp³-hybridized carbons (Fsp3) is 0.0462. The van der Waals surface area contributed by atoms with Gasteiger partial charge in [-0.2, -0.15) is 0 Å². The van der Waals surface area contributed by atoms with Gasteiger partial charge in [-0.25, -0.2) is 9.97 Å². The molecule has 0 saturated carbocycles.